The average molecular weight is 599 g/mol. The van der Waals surface area contributed by atoms with Gasteiger partial charge in [-0.25, -0.2) is 5.57 Å². The molecule has 4 aromatic rings. The average Bonchev–Trinajstić information content (AvgIpc) is 3.28. The van der Waals surface area contributed by atoms with Crippen LogP contribution in [0.5, 0.6) is 0 Å². The molecule has 4 aromatic carbocycles. The number of fused-ring (bicyclic) bond motifs is 2. The van der Waals surface area contributed by atoms with Crippen molar-refractivity contribution in [3.63, 3.8) is 0 Å². The number of halogens is 2. The van der Waals surface area contributed by atoms with Crippen LogP contribution >= 0.6 is 24.8 Å². The van der Waals surface area contributed by atoms with Gasteiger partial charge in [0.1, 0.15) is 0 Å². The van der Waals surface area contributed by atoms with Gasteiger partial charge in [0.05, 0.1) is 0 Å². The number of allylic oxidation sites excluding steroid dienone is 4. The van der Waals surface area contributed by atoms with Crippen molar-refractivity contribution in [3.8, 4) is 11.1 Å². The van der Waals surface area contributed by atoms with Crippen molar-refractivity contribution < 1.29 is 23.3 Å². The second kappa shape index (κ2) is 16.4. The molecule has 5 rings (SSSR count). The number of hydrogen-bond acceptors (Lipinski definition) is 0. The first-order valence-electron chi connectivity index (χ1n) is 10.6. The molecule has 0 amide bonds. The molecule has 0 nitrogen and oxygen atoms in total. The first-order chi connectivity index (χ1) is 14.9. The Morgan fingerprint density at radius 3 is 1.97 bits per heavy atom. The number of benzene rings is 3. The van der Waals surface area contributed by atoms with Crippen LogP contribution in [0.2, 0.25) is 0 Å². The molecule has 4 heteroatoms. The summed E-state index contributed by atoms with van der Waals surface area (Å²) >= 11 is 1.36. The molecule has 0 N–H and O–H groups in total. The van der Waals surface area contributed by atoms with E-state index in [9.17, 15) is 0 Å². The van der Waals surface area contributed by atoms with Gasteiger partial charge in [0.25, 0.3) is 0 Å². The predicted molar refractivity (Wildman–Crippen MR) is 160 cm³/mol. The van der Waals surface area contributed by atoms with E-state index in [0.29, 0.717) is 5.92 Å². The summed E-state index contributed by atoms with van der Waals surface area (Å²) in [4.78, 5) is 0. The van der Waals surface area contributed by atoms with E-state index in [4.69, 9.17) is 0 Å². The molecule has 2 radical (unpaired) electrons. The van der Waals surface area contributed by atoms with Gasteiger partial charge >= 0.3 is 30.2 Å². The Kier molecular flexibility index (Phi) is 16.8. The molecule has 0 bridgehead atoms. The summed E-state index contributed by atoms with van der Waals surface area (Å²) in [5, 5.41) is 5.26. The van der Waals surface area contributed by atoms with Crippen LogP contribution in [0.25, 0.3) is 32.7 Å². The zero-order valence-electron chi connectivity index (χ0n) is 21.8. The van der Waals surface area contributed by atoms with Gasteiger partial charge in [0.15, 0.2) is 0 Å². The Morgan fingerprint density at radius 2 is 1.43 bits per heavy atom. The molecule has 35 heavy (non-hydrogen) atoms. The zero-order valence-corrected chi connectivity index (χ0v) is 26.9. The van der Waals surface area contributed by atoms with Crippen molar-refractivity contribution in [2.75, 3.05) is 0 Å². The van der Waals surface area contributed by atoms with Crippen molar-refractivity contribution >= 4 is 53.2 Å². The van der Waals surface area contributed by atoms with Crippen LogP contribution in [0.4, 0.5) is 0 Å². The van der Waals surface area contributed by atoms with Crippen LogP contribution in [0.3, 0.4) is 0 Å². The number of hydrogen-bond donors (Lipinski definition) is 0. The molecule has 0 saturated carbocycles. The Hall–Kier alpha value is -1.31. The van der Waals surface area contributed by atoms with Gasteiger partial charge in [0, 0.05) is 0 Å². The van der Waals surface area contributed by atoms with Crippen LogP contribution in [-0.2, 0) is 23.3 Å². The van der Waals surface area contributed by atoms with Gasteiger partial charge in [-0.2, -0.15) is 17.2 Å². The first kappa shape index (κ1) is 35.8. The first-order valence-corrected chi connectivity index (χ1v) is 14.8. The molecular weight excluding hydrogens is 563 g/mol. The maximum absolute atomic E-state index is 3.36. The van der Waals surface area contributed by atoms with Crippen molar-refractivity contribution in [1.82, 2.24) is 0 Å². The van der Waals surface area contributed by atoms with E-state index in [0.717, 1.165) is 0 Å². The molecule has 1 aliphatic carbocycles. The van der Waals surface area contributed by atoms with E-state index >= 15 is 0 Å². The predicted octanol–water partition coefficient (Wildman–Crippen LogP) is 9.77. The van der Waals surface area contributed by atoms with Gasteiger partial charge in [-0.3, -0.25) is 6.08 Å². The molecule has 0 heterocycles. The minimum atomic E-state index is 0. The maximum atomic E-state index is 3.36. The second-order valence-corrected chi connectivity index (χ2v) is 8.20. The Balaban J connectivity index is 0. The number of aryl methyl sites for hydroxylation is 1. The molecule has 0 spiro atoms. The van der Waals surface area contributed by atoms with E-state index in [2.05, 4.69) is 120 Å². The molecule has 1 atom stereocenters. The third-order valence-corrected chi connectivity index (χ3v) is 6.19. The summed E-state index contributed by atoms with van der Waals surface area (Å²) in [7, 11) is 0. The molecule has 0 aliphatic heterocycles. The van der Waals surface area contributed by atoms with Crippen LogP contribution in [0.15, 0.2) is 89.5 Å². The monoisotopic (exact) mass is 596 g/mol. The van der Waals surface area contributed by atoms with Crippen molar-refractivity contribution in [1.29, 1.82) is 0 Å². The molecular formula is C31H36Cl2SiZr-4. The summed E-state index contributed by atoms with van der Waals surface area (Å²) < 4.78 is 0. The third kappa shape index (κ3) is 8.36. The topological polar surface area (TPSA) is 0 Å². The summed E-state index contributed by atoms with van der Waals surface area (Å²) in [6, 6.07) is 26.3. The third-order valence-electron chi connectivity index (χ3n) is 6.19. The molecule has 0 saturated heterocycles. The van der Waals surface area contributed by atoms with Gasteiger partial charge in [-0.05, 0) is 22.4 Å². The Labute approximate surface area is 242 Å². The fourth-order valence-electron chi connectivity index (χ4n) is 4.15. The van der Waals surface area contributed by atoms with Gasteiger partial charge < -0.3 is 14.9 Å². The van der Waals surface area contributed by atoms with Gasteiger partial charge in [0.2, 0.25) is 0 Å². The molecule has 0 aromatic heterocycles. The SMILES string of the molecule is CC1=[C-]C(C)C(C)=C1C.Cc1cc2c(-c3ccc4ccccc4c3)cccc2[cH-]1.Cl.Cl.[CH3-].[CH3-].[Si]=[Zr]. The zero-order chi connectivity index (χ0) is 22.5. The molecule has 0 fully saturated rings. The van der Waals surface area contributed by atoms with Crippen LogP contribution in [0, 0.1) is 33.8 Å². The van der Waals surface area contributed by atoms with Crippen LogP contribution in [0.1, 0.15) is 33.3 Å². The fourth-order valence-corrected chi connectivity index (χ4v) is 4.15. The fraction of sp³-hybridized carbons (Fsp3) is 0.194. The van der Waals surface area contributed by atoms with Crippen LogP contribution in [-0.4, -0.2) is 6.88 Å². The van der Waals surface area contributed by atoms with Crippen molar-refractivity contribution in [2.24, 2.45) is 5.92 Å². The molecule has 186 valence electrons. The van der Waals surface area contributed by atoms with E-state index in [-0.39, 0.29) is 39.7 Å². The summed E-state index contributed by atoms with van der Waals surface area (Å²) in [5.41, 5.74) is 8.18. The van der Waals surface area contributed by atoms with E-state index in [1.165, 1.54) is 78.3 Å². The summed E-state index contributed by atoms with van der Waals surface area (Å²) in [5.74, 6) is 0.560. The minimum absolute atomic E-state index is 0. The van der Waals surface area contributed by atoms with Crippen molar-refractivity contribution in [3.05, 3.63) is 116 Å². The number of rotatable bonds is 1. The van der Waals surface area contributed by atoms with E-state index < -0.39 is 0 Å². The van der Waals surface area contributed by atoms with Crippen molar-refractivity contribution in [2.45, 2.75) is 34.6 Å². The molecule has 1 aliphatic rings. The van der Waals surface area contributed by atoms with Gasteiger partial charge in [-0.1, -0.05) is 81.6 Å². The second-order valence-electron chi connectivity index (χ2n) is 8.20. The van der Waals surface area contributed by atoms with E-state index in [1.54, 1.807) is 0 Å². The molecule has 1 unspecified atom stereocenters. The quantitative estimate of drug-likeness (QED) is 0.151. The Morgan fingerprint density at radius 1 is 0.800 bits per heavy atom. The normalized spacial score (nSPS) is 13.5. The Bertz CT molecular complexity index is 1280. The van der Waals surface area contributed by atoms with E-state index in [1.807, 2.05) is 0 Å². The standard InChI is InChI=1S/C20H15.C9H13.2CH3.2ClH.Si.Zr/c1-14-11-17-7-4-8-19(20(17)12-14)18-10-9-15-5-2-3-6-16(15)13-18;1-6-5-7(2)9(4)8(6)3;;;;;;/h2-13H,1H3;6H,1-4H3;2*1H3;2*1H;;/q4*-1;;;;. The van der Waals surface area contributed by atoms with Gasteiger partial charge in [-0.15, -0.1) is 66.3 Å². The van der Waals surface area contributed by atoms with Crippen LogP contribution < -0.4 is 0 Å². The summed E-state index contributed by atoms with van der Waals surface area (Å²) in [6.07, 6.45) is 3.36. The summed E-state index contributed by atoms with van der Waals surface area (Å²) in [6.45, 7) is 13.9.